The van der Waals surface area contributed by atoms with E-state index < -0.39 is 0 Å². The summed E-state index contributed by atoms with van der Waals surface area (Å²) in [6.45, 7) is 7.05. The maximum atomic E-state index is 4.55. The van der Waals surface area contributed by atoms with E-state index in [-0.39, 0.29) is 0 Å². The van der Waals surface area contributed by atoms with Crippen molar-refractivity contribution in [3.05, 3.63) is 0 Å². The third-order valence-electron chi connectivity index (χ3n) is 2.87. The summed E-state index contributed by atoms with van der Waals surface area (Å²) in [6.07, 6.45) is 5.46. The van der Waals surface area contributed by atoms with Crippen LogP contribution in [0.15, 0.2) is 0 Å². The topological polar surface area (TPSA) is 0 Å². The molecule has 0 radical (unpaired) electrons. The highest BCUT2D eigenvalue weighted by Gasteiger charge is 2.28. The first-order valence-electron chi connectivity index (χ1n) is 4.68. The van der Waals surface area contributed by atoms with Crippen LogP contribution in [0.3, 0.4) is 0 Å². The van der Waals surface area contributed by atoms with E-state index in [9.17, 15) is 0 Å². The minimum absolute atomic E-state index is 0.501. The van der Waals surface area contributed by atoms with Gasteiger partial charge >= 0.3 is 0 Å². The summed E-state index contributed by atoms with van der Waals surface area (Å²) in [5, 5.41) is 0.674. The van der Waals surface area contributed by atoms with Crippen molar-refractivity contribution < 1.29 is 0 Å². The van der Waals surface area contributed by atoms with Crippen molar-refractivity contribution in [2.24, 2.45) is 11.3 Å². The second-order valence-electron chi connectivity index (χ2n) is 4.88. The third kappa shape index (κ3) is 2.70. The van der Waals surface area contributed by atoms with Crippen molar-refractivity contribution in [3.8, 4) is 0 Å². The van der Waals surface area contributed by atoms with Gasteiger partial charge < -0.3 is 0 Å². The maximum Gasteiger partial charge on any atom is 0.00196 e. The lowest BCUT2D eigenvalue weighted by molar-refractivity contribution is 0.183. The average molecular weight is 172 g/mol. The standard InChI is InChI=1S/C10H20S/c1-10(2,3)8-5-4-6-9(11)7-8/h8-9,11H,4-7H2,1-3H3/t8?,9-/m0/s1. The van der Waals surface area contributed by atoms with E-state index in [4.69, 9.17) is 0 Å². The van der Waals surface area contributed by atoms with Crippen LogP contribution < -0.4 is 0 Å². The van der Waals surface area contributed by atoms with Gasteiger partial charge in [0.05, 0.1) is 0 Å². The molecule has 0 aromatic heterocycles. The zero-order valence-electron chi connectivity index (χ0n) is 7.93. The van der Waals surface area contributed by atoms with E-state index in [1.54, 1.807) is 0 Å². The quantitative estimate of drug-likeness (QED) is 0.531. The van der Waals surface area contributed by atoms with Crippen LogP contribution in [0.5, 0.6) is 0 Å². The number of thiol groups is 1. The summed E-state index contributed by atoms with van der Waals surface area (Å²) < 4.78 is 0. The average Bonchev–Trinajstić information content (AvgIpc) is 1.86. The summed E-state index contributed by atoms with van der Waals surface area (Å²) in [6, 6.07) is 0. The van der Waals surface area contributed by atoms with Gasteiger partial charge in [-0.3, -0.25) is 0 Å². The van der Waals surface area contributed by atoms with Crippen LogP contribution in [0.2, 0.25) is 0 Å². The fourth-order valence-electron chi connectivity index (χ4n) is 1.95. The smallest absolute Gasteiger partial charge is 0.00196 e. The van der Waals surface area contributed by atoms with Gasteiger partial charge in [0.25, 0.3) is 0 Å². The molecule has 0 aromatic rings. The molecule has 1 aliphatic rings. The zero-order chi connectivity index (χ0) is 8.48. The van der Waals surface area contributed by atoms with Gasteiger partial charge in [-0.1, -0.05) is 27.2 Å². The van der Waals surface area contributed by atoms with Crippen molar-refractivity contribution in [2.75, 3.05) is 0 Å². The normalized spacial score (nSPS) is 33.8. The lowest BCUT2D eigenvalue weighted by Gasteiger charge is -2.36. The van der Waals surface area contributed by atoms with Gasteiger partial charge in [-0.2, -0.15) is 12.6 Å². The molecule has 0 heterocycles. The molecule has 1 saturated carbocycles. The number of hydrogen-bond donors (Lipinski definition) is 1. The number of hydrogen-bond acceptors (Lipinski definition) is 1. The molecule has 2 atom stereocenters. The Bertz CT molecular complexity index is 123. The largest absolute Gasteiger partial charge is 0.176 e. The molecule has 0 nitrogen and oxygen atoms in total. The SMILES string of the molecule is CC(C)(C)C1CCC[C@H](S)C1. The molecular formula is C10H20S. The van der Waals surface area contributed by atoms with Gasteiger partial charge in [-0.25, -0.2) is 0 Å². The van der Waals surface area contributed by atoms with Crippen molar-refractivity contribution in [1.82, 2.24) is 0 Å². The van der Waals surface area contributed by atoms with Crippen molar-refractivity contribution in [2.45, 2.75) is 51.7 Å². The highest BCUT2D eigenvalue weighted by Crippen LogP contribution is 2.39. The third-order valence-corrected chi connectivity index (χ3v) is 3.34. The van der Waals surface area contributed by atoms with E-state index >= 15 is 0 Å². The zero-order valence-corrected chi connectivity index (χ0v) is 8.82. The van der Waals surface area contributed by atoms with Crippen molar-refractivity contribution in [1.29, 1.82) is 0 Å². The van der Waals surface area contributed by atoms with E-state index in [0.717, 1.165) is 5.92 Å². The van der Waals surface area contributed by atoms with Gasteiger partial charge in [0.15, 0.2) is 0 Å². The molecule has 1 aliphatic carbocycles. The Hall–Kier alpha value is 0.350. The first-order valence-corrected chi connectivity index (χ1v) is 5.20. The van der Waals surface area contributed by atoms with Crippen LogP contribution in [-0.2, 0) is 0 Å². The summed E-state index contributed by atoms with van der Waals surface area (Å²) in [4.78, 5) is 0. The fraction of sp³-hybridized carbons (Fsp3) is 1.00. The van der Waals surface area contributed by atoms with Crippen LogP contribution in [0.1, 0.15) is 46.5 Å². The molecular weight excluding hydrogens is 152 g/mol. The lowest BCUT2D eigenvalue weighted by Crippen LogP contribution is -2.27. The summed E-state index contributed by atoms with van der Waals surface area (Å²) in [5.41, 5.74) is 0.501. The Labute approximate surface area is 76.2 Å². The minimum atomic E-state index is 0.501. The Kier molecular flexibility index (Phi) is 2.90. The van der Waals surface area contributed by atoms with E-state index in [1.165, 1.54) is 25.7 Å². The molecule has 0 aromatic carbocycles. The van der Waals surface area contributed by atoms with E-state index in [2.05, 4.69) is 33.4 Å². The first-order chi connectivity index (χ1) is 5.00. The second kappa shape index (κ2) is 3.38. The molecule has 11 heavy (non-hydrogen) atoms. The molecule has 1 rings (SSSR count). The molecule has 0 N–H and O–H groups in total. The van der Waals surface area contributed by atoms with Crippen LogP contribution in [0.25, 0.3) is 0 Å². The number of rotatable bonds is 0. The highest BCUT2D eigenvalue weighted by molar-refractivity contribution is 7.80. The van der Waals surface area contributed by atoms with Crippen LogP contribution >= 0.6 is 12.6 Å². The van der Waals surface area contributed by atoms with E-state index in [1.807, 2.05) is 0 Å². The predicted molar refractivity (Wildman–Crippen MR) is 54.2 cm³/mol. The molecule has 0 aliphatic heterocycles. The fourth-order valence-corrected chi connectivity index (χ4v) is 2.39. The second-order valence-corrected chi connectivity index (χ2v) is 5.61. The Morgan fingerprint density at radius 2 is 1.82 bits per heavy atom. The summed E-state index contributed by atoms with van der Waals surface area (Å²) in [5.74, 6) is 0.902. The maximum absolute atomic E-state index is 4.55. The molecule has 1 heteroatoms. The molecule has 0 amide bonds. The Morgan fingerprint density at radius 1 is 1.18 bits per heavy atom. The Balaban J connectivity index is 2.46. The van der Waals surface area contributed by atoms with Gasteiger partial charge in [0, 0.05) is 5.25 Å². The summed E-state index contributed by atoms with van der Waals surface area (Å²) in [7, 11) is 0. The van der Waals surface area contributed by atoms with Crippen molar-refractivity contribution in [3.63, 3.8) is 0 Å². The molecule has 1 fully saturated rings. The predicted octanol–water partition coefficient (Wildman–Crippen LogP) is 3.52. The van der Waals surface area contributed by atoms with Gasteiger partial charge in [-0.05, 0) is 30.6 Å². The van der Waals surface area contributed by atoms with Crippen LogP contribution in [0, 0.1) is 11.3 Å². The molecule has 0 spiro atoms. The minimum Gasteiger partial charge on any atom is -0.176 e. The van der Waals surface area contributed by atoms with E-state index in [0.29, 0.717) is 10.7 Å². The highest BCUT2D eigenvalue weighted by atomic mass is 32.1. The lowest BCUT2D eigenvalue weighted by atomic mass is 9.72. The Morgan fingerprint density at radius 3 is 2.18 bits per heavy atom. The monoisotopic (exact) mass is 172 g/mol. The summed E-state index contributed by atoms with van der Waals surface area (Å²) >= 11 is 4.55. The van der Waals surface area contributed by atoms with Gasteiger partial charge in [0.2, 0.25) is 0 Å². The van der Waals surface area contributed by atoms with Crippen LogP contribution in [0.4, 0.5) is 0 Å². The van der Waals surface area contributed by atoms with Gasteiger partial charge in [-0.15, -0.1) is 0 Å². The van der Waals surface area contributed by atoms with Crippen LogP contribution in [-0.4, -0.2) is 5.25 Å². The van der Waals surface area contributed by atoms with Gasteiger partial charge in [0.1, 0.15) is 0 Å². The van der Waals surface area contributed by atoms with Crippen molar-refractivity contribution >= 4 is 12.6 Å². The molecule has 66 valence electrons. The molecule has 1 unspecified atom stereocenters. The molecule has 0 bridgehead atoms. The molecule has 0 saturated heterocycles. The first kappa shape index (κ1) is 9.44.